The Labute approximate surface area is 132 Å². The van der Waals surface area contributed by atoms with E-state index in [1.165, 1.54) is 13.0 Å². The molecule has 1 amide bonds. The van der Waals surface area contributed by atoms with Gasteiger partial charge in [0, 0.05) is 42.4 Å². The van der Waals surface area contributed by atoms with Gasteiger partial charge in [-0.1, -0.05) is 18.2 Å². The quantitative estimate of drug-likeness (QED) is 0.725. The molecule has 0 unspecified atom stereocenters. The number of hydrogen-bond acceptors (Lipinski definition) is 4. The number of hydrogen-bond donors (Lipinski definition) is 2. The van der Waals surface area contributed by atoms with Gasteiger partial charge >= 0.3 is 5.63 Å². The van der Waals surface area contributed by atoms with Crippen molar-refractivity contribution >= 4 is 28.3 Å². The van der Waals surface area contributed by atoms with E-state index in [0.717, 1.165) is 16.6 Å². The summed E-state index contributed by atoms with van der Waals surface area (Å²) in [5.41, 5.74) is 2.45. The van der Waals surface area contributed by atoms with Crippen molar-refractivity contribution in [2.24, 2.45) is 0 Å². The topological polar surface area (TPSA) is 71.3 Å². The number of rotatable bonds is 4. The number of amides is 1. The van der Waals surface area contributed by atoms with E-state index in [-0.39, 0.29) is 5.91 Å². The van der Waals surface area contributed by atoms with Crippen LogP contribution >= 0.6 is 0 Å². The Morgan fingerprint density at radius 2 is 1.83 bits per heavy atom. The molecule has 0 spiro atoms. The van der Waals surface area contributed by atoms with Crippen LogP contribution < -0.4 is 16.3 Å². The first-order valence-corrected chi connectivity index (χ1v) is 7.25. The molecule has 0 bridgehead atoms. The van der Waals surface area contributed by atoms with Crippen LogP contribution in [0, 0.1) is 0 Å². The number of benzene rings is 2. The van der Waals surface area contributed by atoms with Crippen LogP contribution in [-0.4, -0.2) is 5.91 Å². The molecular formula is C18H16N2O3. The standard InChI is InChI=1S/C18H16N2O3/c1-12(21)20-15-7-8-16-13(9-18(22)23-17(16)10-15)11-19-14-5-3-2-4-6-14/h2-10,19H,11H2,1H3,(H,20,21). The molecule has 116 valence electrons. The SMILES string of the molecule is CC(=O)Nc1ccc2c(CNc3ccccc3)cc(=O)oc2c1. The van der Waals surface area contributed by atoms with Crippen molar-refractivity contribution < 1.29 is 9.21 Å². The van der Waals surface area contributed by atoms with Gasteiger partial charge in [0.25, 0.3) is 0 Å². The van der Waals surface area contributed by atoms with Crippen LogP contribution in [0.5, 0.6) is 0 Å². The Morgan fingerprint density at radius 1 is 1.04 bits per heavy atom. The summed E-state index contributed by atoms with van der Waals surface area (Å²) in [5, 5.41) is 6.79. The average Bonchev–Trinajstić information content (AvgIpc) is 2.52. The zero-order chi connectivity index (χ0) is 16.2. The van der Waals surface area contributed by atoms with Gasteiger partial charge in [-0.05, 0) is 29.8 Å². The van der Waals surface area contributed by atoms with Crippen LogP contribution in [-0.2, 0) is 11.3 Å². The molecule has 0 aliphatic carbocycles. The van der Waals surface area contributed by atoms with Gasteiger partial charge in [0.2, 0.25) is 5.91 Å². The van der Waals surface area contributed by atoms with E-state index in [1.807, 2.05) is 36.4 Å². The van der Waals surface area contributed by atoms with E-state index < -0.39 is 5.63 Å². The predicted octanol–water partition coefficient (Wildman–Crippen LogP) is 3.36. The lowest BCUT2D eigenvalue weighted by atomic mass is 10.1. The molecule has 0 fully saturated rings. The minimum absolute atomic E-state index is 0.173. The fourth-order valence-electron chi connectivity index (χ4n) is 2.41. The summed E-state index contributed by atoms with van der Waals surface area (Å²) >= 11 is 0. The third-order valence-electron chi connectivity index (χ3n) is 3.41. The highest BCUT2D eigenvalue weighted by molar-refractivity contribution is 5.92. The summed E-state index contributed by atoms with van der Waals surface area (Å²) in [6.45, 7) is 1.94. The van der Waals surface area contributed by atoms with Crippen molar-refractivity contribution in [1.29, 1.82) is 0 Å². The summed E-state index contributed by atoms with van der Waals surface area (Å²) in [6.07, 6.45) is 0. The maximum atomic E-state index is 11.8. The molecule has 2 N–H and O–H groups in total. The molecule has 0 radical (unpaired) electrons. The maximum Gasteiger partial charge on any atom is 0.336 e. The molecule has 0 atom stereocenters. The molecule has 0 aliphatic heterocycles. The first kappa shape index (κ1) is 14.8. The highest BCUT2D eigenvalue weighted by Gasteiger charge is 2.07. The lowest BCUT2D eigenvalue weighted by Crippen LogP contribution is -2.07. The van der Waals surface area contributed by atoms with Crippen LogP contribution in [0.2, 0.25) is 0 Å². The fourth-order valence-corrected chi connectivity index (χ4v) is 2.41. The molecule has 5 heteroatoms. The molecule has 1 heterocycles. The Hall–Kier alpha value is -3.08. The minimum Gasteiger partial charge on any atom is -0.423 e. The second-order valence-electron chi connectivity index (χ2n) is 5.20. The average molecular weight is 308 g/mol. The van der Waals surface area contributed by atoms with Gasteiger partial charge in [-0.2, -0.15) is 0 Å². The van der Waals surface area contributed by atoms with E-state index in [0.29, 0.717) is 17.8 Å². The van der Waals surface area contributed by atoms with E-state index in [4.69, 9.17) is 4.42 Å². The number of carbonyl (C=O) groups is 1. The Bertz CT molecular complexity index is 901. The van der Waals surface area contributed by atoms with Crippen molar-refractivity contribution in [2.75, 3.05) is 10.6 Å². The van der Waals surface area contributed by atoms with Crippen LogP contribution in [0.4, 0.5) is 11.4 Å². The summed E-state index contributed by atoms with van der Waals surface area (Å²) in [7, 11) is 0. The fraction of sp³-hybridized carbons (Fsp3) is 0.111. The van der Waals surface area contributed by atoms with Crippen LogP contribution in [0.3, 0.4) is 0 Å². The maximum absolute atomic E-state index is 11.8. The van der Waals surface area contributed by atoms with Gasteiger partial charge in [0.1, 0.15) is 5.58 Å². The summed E-state index contributed by atoms with van der Waals surface area (Å²) in [6, 6.07) is 16.5. The Morgan fingerprint density at radius 3 is 2.57 bits per heavy atom. The molecule has 23 heavy (non-hydrogen) atoms. The van der Waals surface area contributed by atoms with Gasteiger partial charge < -0.3 is 15.1 Å². The van der Waals surface area contributed by atoms with Crippen molar-refractivity contribution in [2.45, 2.75) is 13.5 Å². The van der Waals surface area contributed by atoms with E-state index in [1.54, 1.807) is 12.1 Å². The van der Waals surface area contributed by atoms with Crippen molar-refractivity contribution in [3.05, 3.63) is 70.6 Å². The normalized spacial score (nSPS) is 10.5. The lowest BCUT2D eigenvalue weighted by molar-refractivity contribution is -0.114. The number of para-hydroxylation sites is 1. The molecule has 0 saturated carbocycles. The molecule has 0 aliphatic rings. The van der Waals surface area contributed by atoms with Crippen LogP contribution in [0.15, 0.2) is 63.8 Å². The third kappa shape index (κ3) is 3.58. The lowest BCUT2D eigenvalue weighted by Gasteiger charge is -2.09. The Kier molecular flexibility index (Phi) is 4.10. The van der Waals surface area contributed by atoms with Gasteiger partial charge in [-0.15, -0.1) is 0 Å². The summed E-state index contributed by atoms with van der Waals surface area (Å²) in [5.74, 6) is -0.173. The summed E-state index contributed by atoms with van der Waals surface area (Å²) < 4.78 is 5.24. The van der Waals surface area contributed by atoms with Gasteiger partial charge in [-0.25, -0.2) is 4.79 Å². The molecular weight excluding hydrogens is 292 g/mol. The molecule has 5 nitrogen and oxygen atoms in total. The van der Waals surface area contributed by atoms with Gasteiger partial charge in [0.15, 0.2) is 0 Å². The molecule has 3 rings (SSSR count). The summed E-state index contributed by atoms with van der Waals surface area (Å²) in [4.78, 5) is 22.9. The van der Waals surface area contributed by atoms with Gasteiger partial charge in [0.05, 0.1) is 0 Å². The molecule has 1 aromatic heterocycles. The number of carbonyl (C=O) groups excluding carboxylic acids is 1. The highest BCUT2D eigenvalue weighted by Crippen LogP contribution is 2.22. The molecule has 2 aromatic carbocycles. The second kappa shape index (κ2) is 6.36. The van der Waals surface area contributed by atoms with Crippen molar-refractivity contribution in [3.63, 3.8) is 0 Å². The smallest absolute Gasteiger partial charge is 0.336 e. The number of nitrogens with one attached hydrogen (secondary N) is 2. The molecule has 3 aromatic rings. The largest absolute Gasteiger partial charge is 0.423 e. The number of anilines is 2. The third-order valence-corrected chi connectivity index (χ3v) is 3.41. The first-order valence-electron chi connectivity index (χ1n) is 7.25. The highest BCUT2D eigenvalue weighted by atomic mass is 16.4. The van der Waals surface area contributed by atoms with E-state index in [2.05, 4.69) is 10.6 Å². The number of fused-ring (bicyclic) bond motifs is 1. The van der Waals surface area contributed by atoms with Crippen LogP contribution in [0.1, 0.15) is 12.5 Å². The predicted molar refractivity (Wildman–Crippen MR) is 90.6 cm³/mol. The van der Waals surface area contributed by atoms with Crippen molar-refractivity contribution in [3.8, 4) is 0 Å². The van der Waals surface area contributed by atoms with E-state index >= 15 is 0 Å². The Balaban J connectivity index is 1.93. The van der Waals surface area contributed by atoms with Gasteiger partial charge in [-0.3, -0.25) is 4.79 Å². The van der Waals surface area contributed by atoms with Crippen molar-refractivity contribution in [1.82, 2.24) is 0 Å². The zero-order valence-electron chi connectivity index (χ0n) is 12.6. The van der Waals surface area contributed by atoms with Crippen LogP contribution in [0.25, 0.3) is 11.0 Å². The second-order valence-corrected chi connectivity index (χ2v) is 5.20. The van der Waals surface area contributed by atoms with E-state index in [9.17, 15) is 9.59 Å². The first-order chi connectivity index (χ1) is 11.1. The molecule has 0 saturated heterocycles. The monoisotopic (exact) mass is 308 g/mol. The zero-order valence-corrected chi connectivity index (χ0v) is 12.6. The minimum atomic E-state index is -0.415.